The first-order valence-electron chi connectivity index (χ1n) is 4.97. The molecule has 10 nitrogen and oxygen atoms in total. The standard InChI is InChI=1S/C8H12N4O6S/c1-4-7(12(15)16)6(9)5(11(13)14)3-8(4,2)19(10,17)18/h3-4H,9H2,1-2H3,(H2,10,17,18). The number of nitro groups is 2. The topological polar surface area (TPSA) is 172 Å². The van der Waals surface area contributed by atoms with Crippen LogP contribution in [-0.2, 0) is 10.0 Å². The molecule has 0 amide bonds. The Labute approximate surface area is 108 Å². The lowest BCUT2D eigenvalue weighted by Crippen LogP contribution is -2.49. The number of sulfonamides is 1. The summed E-state index contributed by atoms with van der Waals surface area (Å²) in [5, 5.41) is 26.8. The average Bonchev–Trinajstić information content (AvgIpc) is 2.21. The van der Waals surface area contributed by atoms with Gasteiger partial charge in [0.05, 0.1) is 15.8 Å². The van der Waals surface area contributed by atoms with Gasteiger partial charge in [-0.1, -0.05) is 6.92 Å². The van der Waals surface area contributed by atoms with E-state index in [1.807, 2.05) is 0 Å². The maximum atomic E-state index is 11.6. The predicted molar refractivity (Wildman–Crippen MR) is 64.0 cm³/mol. The van der Waals surface area contributed by atoms with Crippen LogP contribution in [0.25, 0.3) is 0 Å². The van der Waals surface area contributed by atoms with Crippen molar-refractivity contribution in [3.8, 4) is 0 Å². The largest absolute Gasteiger partial charge is 0.388 e. The molecule has 0 radical (unpaired) electrons. The molecule has 0 heterocycles. The second kappa shape index (κ2) is 4.28. The first kappa shape index (κ1) is 15.0. The SMILES string of the molecule is CC1C([N+](=O)[O-])=C(N)C([N+](=O)[O-])=CC1(C)S(N)(=O)=O. The molecule has 4 N–H and O–H groups in total. The van der Waals surface area contributed by atoms with Gasteiger partial charge in [-0.05, 0) is 6.92 Å². The van der Waals surface area contributed by atoms with Gasteiger partial charge in [0.1, 0.15) is 4.75 Å². The Morgan fingerprint density at radius 3 is 2.11 bits per heavy atom. The van der Waals surface area contributed by atoms with E-state index in [9.17, 15) is 28.6 Å². The molecule has 0 saturated heterocycles. The van der Waals surface area contributed by atoms with Crippen molar-refractivity contribution in [2.45, 2.75) is 18.6 Å². The summed E-state index contributed by atoms with van der Waals surface area (Å²) >= 11 is 0. The van der Waals surface area contributed by atoms with Gasteiger partial charge in [0.15, 0.2) is 5.70 Å². The van der Waals surface area contributed by atoms with Crippen molar-refractivity contribution in [1.82, 2.24) is 0 Å². The average molecular weight is 292 g/mol. The number of nitrogens with zero attached hydrogens (tertiary/aromatic N) is 2. The predicted octanol–water partition coefficient (Wildman–Crippen LogP) is -0.709. The molecule has 1 rings (SSSR count). The van der Waals surface area contributed by atoms with Crippen LogP contribution in [0.4, 0.5) is 0 Å². The molecule has 1 aliphatic rings. The van der Waals surface area contributed by atoms with E-state index in [2.05, 4.69) is 0 Å². The number of allylic oxidation sites excluding steroid dienone is 1. The van der Waals surface area contributed by atoms with Crippen LogP contribution in [0.3, 0.4) is 0 Å². The Hall–Kier alpha value is -2.01. The molecular weight excluding hydrogens is 280 g/mol. The van der Waals surface area contributed by atoms with Crippen molar-refractivity contribution < 1.29 is 18.3 Å². The molecule has 0 aromatic heterocycles. The molecule has 0 bridgehead atoms. The second-order valence-corrected chi connectivity index (χ2v) is 6.26. The van der Waals surface area contributed by atoms with Crippen LogP contribution < -0.4 is 10.9 Å². The number of hydrogen-bond acceptors (Lipinski definition) is 7. The smallest absolute Gasteiger partial charge is 0.296 e. The van der Waals surface area contributed by atoms with Gasteiger partial charge in [0, 0.05) is 6.08 Å². The monoisotopic (exact) mass is 292 g/mol. The molecule has 2 unspecified atom stereocenters. The minimum Gasteiger partial charge on any atom is -0.388 e. The van der Waals surface area contributed by atoms with Crippen LogP contribution in [0, 0.1) is 26.1 Å². The molecule has 0 fully saturated rings. The van der Waals surface area contributed by atoms with Crippen molar-refractivity contribution in [2.75, 3.05) is 0 Å². The van der Waals surface area contributed by atoms with Crippen molar-refractivity contribution in [3.63, 3.8) is 0 Å². The summed E-state index contributed by atoms with van der Waals surface area (Å²) in [4.78, 5) is 19.9. The minimum absolute atomic E-state index is 0.663. The van der Waals surface area contributed by atoms with Crippen LogP contribution in [0.2, 0.25) is 0 Å². The molecule has 0 spiro atoms. The number of primary sulfonamides is 1. The zero-order valence-electron chi connectivity index (χ0n) is 10.1. The summed E-state index contributed by atoms with van der Waals surface area (Å²) in [5.41, 5.74) is 3.15. The van der Waals surface area contributed by atoms with Crippen LogP contribution in [0.15, 0.2) is 23.2 Å². The number of hydrogen-bond donors (Lipinski definition) is 2. The highest BCUT2D eigenvalue weighted by atomic mass is 32.2. The molecule has 106 valence electrons. The molecule has 2 atom stereocenters. The Morgan fingerprint density at radius 1 is 1.32 bits per heavy atom. The van der Waals surface area contributed by atoms with Crippen molar-refractivity contribution in [3.05, 3.63) is 43.4 Å². The van der Waals surface area contributed by atoms with E-state index in [0.717, 1.165) is 13.0 Å². The van der Waals surface area contributed by atoms with Gasteiger partial charge in [-0.25, -0.2) is 13.6 Å². The molecule has 0 saturated carbocycles. The third-order valence-electron chi connectivity index (χ3n) is 3.25. The molecular formula is C8H12N4O6S. The number of rotatable bonds is 3. The fourth-order valence-corrected chi connectivity index (χ4v) is 2.73. The van der Waals surface area contributed by atoms with Gasteiger partial charge >= 0.3 is 0 Å². The third kappa shape index (κ3) is 2.17. The lowest BCUT2D eigenvalue weighted by molar-refractivity contribution is -0.445. The van der Waals surface area contributed by atoms with Gasteiger partial charge in [0.25, 0.3) is 11.4 Å². The Bertz CT molecular complexity index is 621. The van der Waals surface area contributed by atoms with Gasteiger partial charge in [-0.3, -0.25) is 20.2 Å². The summed E-state index contributed by atoms with van der Waals surface area (Å²) in [6.45, 7) is 2.30. The van der Waals surface area contributed by atoms with Crippen LogP contribution in [-0.4, -0.2) is 23.0 Å². The summed E-state index contributed by atoms with van der Waals surface area (Å²) < 4.78 is 21.2. The summed E-state index contributed by atoms with van der Waals surface area (Å²) in [5.74, 6) is -1.22. The Kier molecular flexibility index (Phi) is 3.39. The van der Waals surface area contributed by atoms with Gasteiger partial charge in [0.2, 0.25) is 10.0 Å². The second-order valence-electron chi connectivity index (χ2n) is 4.29. The maximum absolute atomic E-state index is 11.6. The van der Waals surface area contributed by atoms with E-state index in [4.69, 9.17) is 10.9 Å². The molecule has 19 heavy (non-hydrogen) atoms. The van der Waals surface area contributed by atoms with E-state index in [0.29, 0.717) is 0 Å². The highest BCUT2D eigenvalue weighted by Gasteiger charge is 2.53. The minimum atomic E-state index is -4.31. The van der Waals surface area contributed by atoms with E-state index >= 15 is 0 Å². The van der Waals surface area contributed by atoms with Crippen molar-refractivity contribution in [1.29, 1.82) is 0 Å². The van der Waals surface area contributed by atoms with Crippen molar-refractivity contribution >= 4 is 10.0 Å². The van der Waals surface area contributed by atoms with E-state index in [1.54, 1.807) is 0 Å². The van der Waals surface area contributed by atoms with Gasteiger partial charge in [-0.15, -0.1) is 0 Å². The first-order chi connectivity index (χ1) is 8.43. The third-order valence-corrected chi connectivity index (χ3v) is 4.95. The maximum Gasteiger partial charge on any atom is 0.296 e. The van der Waals surface area contributed by atoms with Crippen molar-refractivity contribution in [2.24, 2.45) is 16.8 Å². The van der Waals surface area contributed by atoms with E-state index in [-0.39, 0.29) is 0 Å². The van der Waals surface area contributed by atoms with Gasteiger partial charge < -0.3 is 5.73 Å². The highest BCUT2D eigenvalue weighted by molar-refractivity contribution is 7.90. The fraction of sp³-hybridized carbons (Fsp3) is 0.500. The lowest BCUT2D eigenvalue weighted by atomic mass is 9.85. The highest BCUT2D eigenvalue weighted by Crippen LogP contribution is 2.39. The molecule has 0 aliphatic heterocycles. The van der Waals surface area contributed by atoms with Gasteiger partial charge in [-0.2, -0.15) is 0 Å². The molecule has 0 aromatic rings. The Balaban J connectivity index is 3.70. The Morgan fingerprint density at radius 2 is 1.79 bits per heavy atom. The molecule has 0 aromatic carbocycles. The van der Waals surface area contributed by atoms with Crippen LogP contribution >= 0.6 is 0 Å². The fourth-order valence-electron chi connectivity index (χ4n) is 1.85. The number of nitrogens with two attached hydrogens (primary N) is 2. The summed E-state index contributed by atoms with van der Waals surface area (Å²) in [6, 6.07) is 0. The van der Waals surface area contributed by atoms with Crippen LogP contribution in [0.1, 0.15) is 13.8 Å². The van der Waals surface area contributed by atoms with Crippen LogP contribution in [0.5, 0.6) is 0 Å². The zero-order valence-corrected chi connectivity index (χ0v) is 10.9. The lowest BCUT2D eigenvalue weighted by Gasteiger charge is -2.30. The normalized spacial score (nSPS) is 27.9. The molecule has 11 heteroatoms. The van der Waals surface area contributed by atoms with E-state index in [1.165, 1.54) is 6.92 Å². The quantitative estimate of drug-likeness (QED) is 0.510. The molecule has 1 aliphatic carbocycles. The summed E-state index contributed by atoms with van der Waals surface area (Å²) in [6.07, 6.45) is 0.745. The first-order valence-corrected chi connectivity index (χ1v) is 6.52. The zero-order chi connectivity index (χ0) is 15.2. The van der Waals surface area contributed by atoms with E-state index < -0.39 is 47.6 Å². The summed E-state index contributed by atoms with van der Waals surface area (Å²) in [7, 11) is -4.31.